The summed E-state index contributed by atoms with van der Waals surface area (Å²) in [6.07, 6.45) is 5.05. The van der Waals surface area contributed by atoms with E-state index in [1.165, 1.54) is 19.2 Å². The summed E-state index contributed by atoms with van der Waals surface area (Å²) in [6.45, 7) is 1.86. The zero-order valence-electron chi connectivity index (χ0n) is 10.8. The van der Waals surface area contributed by atoms with E-state index in [4.69, 9.17) is 10.5 Å². The first-order chi connectivity index (χ1) is 9.33. The van der Waals surface area contributed by atoms with Crippen LogP contribution in [-0.2, 0) is 0 Å². The molecular weight excluding hydrogens is 240 g/mol. The standard InChI is InChI=1S/C14H18N4O/c15-14-12-4-3-11(8-13(12)17-9-18-14)19-7-5-10-2-1-6-16-10/h3-4,8-10,16H,1-2,5-7H2,(H2,15,17,18). The average Bonchev–Trinajstić information content (AvgIpc) is 2.92. The third-order valence-corrected chi connectivity index (χ3v) is 3.54. The Bertz CT molecular complexity index is 566. The third-order valence-electron chi connectivity index (χ3n) is 3.54. The van der Waals surface area contributed by atoms with Gasteiger partial charge in [0.15, 0.2) is 0 Å². The number of rotatable bonds is 4. The zero-order valence-corrected chi connectivity index (χ0v) is 10.8. The lowest BCUT2D eigenvalue weighted by Crippen LogP contribution is -2.23. The Morgan fingerprint density at radius 3 is 3.16 bits per heavy atom. The van der Waals surface area contributed by atoms with Crippen molar-refractivity contribution in [2.45, 2.75) is 25.3 Å². The molecule has 1 aromatic heterocycles. The molecule has 0 radical (unpaired) electrons. The van der Waals surface area contributed by atoms with E-state index in [-0.39, 0.29) is 0 Å². The highest BCUT2D eigenvalue weighted by molar-refractivity contribution is 5.88. The van der Waals surface area contributed by atoms with Crippen molar-refractivity contribution in [2.24, 2.45) is 0 Å². The molecule has 0 aliphatic carbocycles. The maximum atomic E-state index is 5.79. The van der Waals surface area contributed by atoms with Gasteiger partial charge in [-0.15, -0.1) is 0 Å². The van der Waals surface area contributed by atoms with Gasteiger partial charge < -0.3 is 15.8 Å². The third kappa shape index (κ3) is 2.76. The molecular formula is C14H18N4O. The van der Waals surface area contributed by atoms with Gasteiger partial charge in [-0.25, -0.2) is 9.97 Å². The van der Waals surface area contributed by atoms with Gasteiger partial charge in [0, 0.05) is 17.5 Å². The summed E-state index contributed by atoms with van der Waals surface area (Å²) in [5.74, 6) is 1.34. The molecule has 0 bridgehead atoms. The highest BCUT2D eigenvalue weighted by Gasteiger charge is 2.13. The molecule has 0 spiro atoms. The molecule has 1 aliphatic heterocycles. The Labute approximate surface area is 112 Å². The van der Waals surface area contributed by atoms with Gasteiger partial charge in [0.1, 0.15) is 17.9 Å². The predicted molar refractivity (Wildman–Crippen MR) is 75.1 cm³/mol. The fourth-order valence-electron chi connectivity index (χ4n) is 2.47. The zero-order chi connectivity index (χ0) is 13.1. The van der Waals surface area contributed by atoms with Crippen LogP contribution in [0.25, 0.3) is 10.9 Å². The summed E-state index contributed by atoms with van der Waals surface area (Å²) in [5, 5.41) is 4.33. The van der Waals surface area contributed by atoms with E-state index in [1.807, 2.05) is 18.2 Å². The van der Waals surface area contributed by atoms with Crippen molar-refractivity contribution in [3.63, 3.8) is 0 Å². The van der Waals surface area contributed by atoms with Gasteiger partial charge in [0.2, 0.25) is 0 Å². The molecule has 0 saturated carbocycles. The molecule has 5 heteroatoms. The van der Waals surface area contributed by atoms with E-state index in [9.17, 15) is 0 Å². The van der Waals surface area contributed by atoms with Gasteiger partial charge in [-0.2, -0.15) is 0 Å². The number of aromatic nitrogens is 2. The van der Waals surface area contributed by atoms with Gasteiger partial charge in [-0.1, -0.05) is 0 Å². The predicted octanol–water partition coefficient (Wildman–Crippen LogP) is 1.73. The van der Waals surface area contributed by atoms with Crippen molar-refractivity contribution in [3.05, 3.63) is 24.5 Å². The van der Waals surface area contributed by atoms with E-state index in [2.05, 4.69) is 15.3 Å². The Morgan fingerprint density at radius 1 is 1.37 bits per heavy atom. The van der Waals surface area contributed by atoms with E-state index < -0.39 is 0 Å². The van der Waals surface area contributed by atoms with Crippen LogP contribution >= 0.6 is 0 Å². The van der Waals surface area contributed by atoms with Gasteiger partial charge in [0.25, 0.3) is 0 Å². The minimum atomic E-state index is 0.506. The van der Waals surface area contributed by atoms with Crippen LogP contribution in [0.5, 0.6) is 5.75 Å². The molecule has 1 fully saturated rings. The van der Waals surface area contributed by atoms with Gasteiger partial charge in [-0.05, 0) is 37.9 Å². The number of nitrogens with zero attached hydrogens (tertiary/aromatic N) is 2. The summed E-state index contributed by atoms with van der Waals surface area (Å²) in [7, 11) is 0. The number of nitrogens with one attached hydrogen (secondary N) is 1. The Morgan fingerprint density at radius 2 is 2.32 bits per heavy atom. The van der Waals surface area contributed by atoms with Crippen molar-refractivity contribution < 1.29 is 4.74 Å². The van der Waals surface area contributed by atoms with Crippen molar-refractivity contribution in [1.82, 2.24) is 15.3 Å². The SMILES string of the molecule is Nc1ncnc2cc(OCCC3CCCN3)ccc12. The summed E-state index contributed by atoms with van der Waals surface area (Å²) in [6, 6.07) is 6.35. The number of nitrogens with two attached hydrogens (primary N) is 1. The van der Waals surface area contributed by atoms with E-state index in [0.717, 1.165) is 36.2 Å². The molecule has 1 aromatic carbocycles. The quantitative estimate of drug-likeness (QED) is 0.873. The highest BCUT2D eigenvalue weighted by atomic mass is 16.5. The van der Waals surface area contributed by atoms with E-state index >= 15 is 0 Å². The maximum Gasteiger partial charge on any atom is 0.134 e. The second-order valence-electron chi connectivity index (χ2n) is 4.87. The Hall–Kier alpha value is -1.88. The van der Waals surface area contributed by atoms with E-state index in [1.54, 1.807) is 0 Å². The van der Waals surface area contributed by atoms with Crippen LogP contribution < -0.4 is 15.8 Å². The summed E-state index contributed by atoms with van der Waals surface area (Å²) >= 11 is 0. The first kappa shape index (κ1) is 12.2. The number of nitrogen functional groups attached to an aromatic ring is 1. The van der Waals surface area contributed by atoms with Crippen molar-refractivity contribution in [1.29, 1.82) is 0 Å². The van der Waals surface area contributed by atoms with Gasteiger partial charge >= 0.3 is 0 Å². The number of anilines is 1. The average molecular weight is 258 g/mol. The number of benzene rings is 1. The molecule has 0 amide bonds. The van der Waals surface area contributed by atoms with Crippen molar-refractivity contribution in [3.8, 4) is 5.75 Å². The summed E-state index contributed by atoms with van der Waals surface area (Å²) in [5.41, 5.74) is 6.61. The highest BCUT2D eigenvalue weighted by Crippen LogP contribution is 2.22. The van der Waals surface area contributed by atoms with Gasteiger partial charge in [-0.3, -0.25) is 0 Å². The summed E-state index contributed by atoms with van der Waals surface area (Å²) in [4.78, 5) is 8.17. The maximum absolute atomic E-state index is 5.79. The lowest BCUT2D eigenvalue weighted by molar-refractivity contribution is 0.292. The molecule has 2 aromatic rings. The van der Waals surface area contributed by atoms with Gasteiger partial charge in [0.05, 0.1) is 12.1 Å². The fourth-order valence-corrected chi connectivity index (χ4v) is 2.47. The van der Waals surface area contributed by atoms with E-state index in [0.29, 0.717) is 11.9 Å². The van der Waals surface area contributed by atoms with Crippen LogP contribution in [-0.4, -0.2) is 29.2 Å². The fraction of sp³-hybridized carbons (Fsp3) is 0.429. The molecule has 1 atom stereocenters. The molecule has 3 rings (SSSR count). The normalized spacial score (nSPS) is 18.8. The van der Waals surface area contributed by atoms with Crippen LogP contribution in [0.1, 0.15) is 19.3 Å². The van der Waals surface area contributed by atoms with Crippen LogP contribution in [0, 0.1) is 0 Å². The molecule has 19 heavy (non-hydrogen) atoms. The van der Waals surface area contributed by atoms with Crippen molar-refractivity contribution in [2.75, 3.05) is 18.9 Å². The first-order valence-electron chi connectivity index (χ1n) is 6.69. The Kier molecular flexibility index (Phi) is 3.46. The number of hydrogen-bond acceptors (Lipinski definition) is 5. The molecule has 2 heterocycles. The van der Waals surface area contributed by atoms with Crippen molar-refractivity contribution >= 4 is 16.7 Å². The molecule has 5 nitrogen and oxygen atoms in total. The second-order valence-corrected chi connectivity index (χ2v) is 4.87. The molecule has 1 unspecified atom stereocenters. The molecule has 3 N–H and O–H groups in total. The topological polar surface area (TPSA) is 73.1 Å². The smallest absolute Gasteiger partial charge is 0.134 e. The number of hydrogen-bond donors (Lipinski definition) is 2. The van der Waals surface area contributed by atoms with Crippen LogP contribution in [0.4, 0.5) is 5.82 Å². The molecule has 1 saturated heterocycles. The lowest BCUT2D eigenvalue weighted by atomic mass is 10.2. The Balaban J connectivity index is 1.64. The largest absolute Gasteiger partial charge is 0.493 e. The van der Waals surface area contributed by atoms with Crippen LogP contribution in [0.3, 0.4) is 0 Å². The minimum absolute atomic E-state index is 0.506. The molecule has 1 aliphatic rings. The second kappa shape index (κ2) is 5.40. The number of ether oxygens (including phenoxy) is 1. The monoisotopic (exact) mass is 258 g/mol. The minimum Gasteiger partial charge on any atom is -0.493 e. The van der Waals surface area contributed by atoms with Crippen LogP contribution in [0.15, 0.2) is 24.5 Å². The summed E-state index contributed by atoms with van der Waals surface area (Å²) < 4.78 is 5.77. The molecule has 100 valence electrons. The lowest BCUT2D eigenvalue weighted by Gasteiger charge is -2.11. The number of fused-ring (bicyclic) bond motifs is 1. The van der Waals surface area contributed by atoms with Crippen LogP contribution in [0.2, 0.25) is 0 Å². The first-order valence-corrected chi connectivity index (χ1v) is 6.69.